The third kappa shape index (κ3) is 1.01. The van der Waals surface area contributed by atoms with Crippen LogP contribution in [0.1, 0.15) is 5.56 Å². The Bertz CT molecular complexity index is 338. The molecule has 0 aliphatic carbocycles. The molecule has 0 aromatic heterocycles. The number of rotatable bonds is 0. The first-order valence-corrected chi connectivity index (χ1v) is 3.50. The van der Waals surface area contributed by atoms with Crippen molar-refractivity contribution in [2.24, 2.45) is 0 Å². The van der Waals surface area contributed by atoms with E-state index in [2.05, 4.69) is 5.48 Å². The highest BCUT2D eigenvalue weighted by molar-refractivity contribution is 5.80. The highest BCUT2D eigenvalue weighted by Gasteiger charge is 2.19. The molecule has 0 fully saturated rings. The second-order valence-corrected chi connectivity index (χ2v) is 2.52. The summed E-state index contributed by atoms with van der Waals surface area (Å²) >= 11 is 0. The van der Waals surface area contributed by atoms with E-state index in [1.165, 1.54) is 12.1 Å². The molecule has 62 valence electrons. The molecule has 2 rings (SSSR count). The van der Waals surface area contributed by atoms with Gasteiger partial charge in [-0.1, -0.05) is 6.07 Å². The first kappa shape index (κ1) is 7.09. The molecule has 1 heterocycles. The summed E-state index contributed by atoms with van der Waals surface area (Å²) in [5, 5.41) is 0. The van der Waals surface area contributed by atoms with Gasteiger partial charge in [0.15, 0.2) is 5.75 Å². The molecule has 0 saturated carbocycles. The van der Waals surface area contributed by atoms with Gasteiger partial charge in [-0.2, -0.15) is 5.48 Å². The SMILES string of the molecule is O=C1Cc2c(F)cccc2ON1. The molecule has 0 spiro atoms. The first-order chi connectivity index (χ1) is 5.77. The molecule has 12 heavy (non-hydrogen) atoms. The van der Waals surface area contributed by atoms with Crippen molar-refractivity contribution < 1.29 is 14.0 Å². The van der Waals surface area contributed by atoms with Gasteiger partial charge in [-0.3, -0.25) is 4.79 Å². The van der Waals surface area contributed by atoms with Gasteiger partial charge in [0.1, 0.15) is 5.82 Å². The van der Waals surface area contributed by atoms with Crippen LogP contribution in [0.25, 0.3) is 0 Å². The lowest BCUT2D eigenvalue weighted by atomic mass is 10.1. The minimum Gasteiger partial charge on any atom is -0.379 e. The van der Waals surface area contributed by atoms with E-state index >= 15 is 0 Å². The smallest absolute Gasteiger partial charge is 0.257 e. The summed E-state index contributed by atoms with van der Waals surface area (Å²) in [6, 6.07) is 4.45. The van der Waals surface area contributed by atoms with Crippen LogP contribution in [0.4, 0.5) is 4.39 Å². The van der Waals surface area contributed by atoms with E-state index in [0.717, 1.165) is 0 Å². The maximum Gasteiger partial charge on any atom is 0.257 e. The largest absolute Gasteiger partial charge is 0.379 e. The molecular weight excluding hydrogens is 161 g/mol. The molecule has 0 radical (unpaired) electrons. The summed E-state index contributed by atoms with van der Waals surface area (Å²) in [6.45, 7) is 0. The molecule has 0 atom stereocenters. The first-order valence-electron chi connectivity index (χ1n) is 3.50. The number of hydroxylamine groups is 1. The number of hydrogen-bond donors (Lipinski definition) is 1. The van der Waals surface area contributed by atoms with Crippen LogP contribution < -0.4 is 10.3 Å². The van der Waals surface area contributed by atoms with Crippen molar-refractivity contribution >= 4 is 5.91 Å². The highest BCUT2D eigenvalue weighted by Crippen LogP contribution is 2.23. The maximum absolute atomic E-state index is 13.0. The highest BCUT2D eigenvalue weighted by atomic mass is 19.1. The number of hydrogen-bond acceptors (Lipinski definition) is 2. The molecule has 1 aliphatic heterocycles. The molecule has 1 aromatic carbocycles. The number of benzene rings is 1. The van der Waals surface area contributed by atoms with Crippen LogP contribution in [0.5, 0.6) is 5.75 Å². The monoisotopic (exact) mass is 167 g/mol. The third-order valence-corrected chi connectivity index (χ3v) is 1.69. The van der Waals surface area contributed by atoms with Gasteiger partial charge in [-0.15, -0.1) is 0 Å². The maximum atomic E-state index is 13.0. The van der Waals surface area contributed by atoms with Gasteiger partial charge in [0, 0.05) is 5.56 Å². The molecular formula is C8H6FNO2. The molecule has 0 saturated heterocycles. The van der Waals surface area contributed by atoms with Crippen LogP contribution in [0.3, 0.4) is 0 Å². The molecule has 4 heteroatoms. The van der Waals surface area contributed by atoms with Gasteiger partial charge in [-0.05, 0) is 12.1 Å². The quantitative estimate of drug-likeness (QED) is 0.620. The predicted octanol–water partition coefficient (Wildman–Crippen LogP) is 0.792. The Labute approximate surface area is 68.1 Å². The normalized spacial score (nSPS) is 14.6. The van der Waals surface area contributed by atoms with E-state index in [0.29, 0.717) is 11.3 Å². The summed E-state index contributed by atoms with van der Waals surface area (Å²) in [4.78, 5) is 15.6. The van der Waals surface area contributed by atoms with Crippen LogP contribution in [-0.4, -0.2) is 5.91 Å². The number of halogens is 1. The average Bonchev–Trinajstić information content (AvgIpc) is 2.07. The van der Waals surface area contributed by atoms with Crippen molar-refractivity contribution in [2.45, 2.75) is 6.42 Å². The van der Waals surface area contributed by atoms with Crippen molar-refractivity contribution in [3.63, 3.8) is 0 Å². The minimum atomic E-state index is -0.401. The Kier molecular flexibility index (Phi) is 1.46. The van der Waals surface area contributed by atoms with Gasteiger partial charge in [0.05, 0.1) is 6.42 Å². The topological polar surface area (TPSA) is 38.3 Å². The molecule has 3 nitrogen and oxygen atoms in total. The van der Waals surface area contributed by atoms with Gasteiger partial charge in [-0.25, -0.2) is 4.39 Å². The second kappa shape index (κ2) is 2.48. The number of carbonyl (C=O) groups is 1. The molecule has 1 N–H and O–H groups in total. The predicted molar refractivity (Wildman–Crippen MR) is 38.9 cm³/mol. The van der Waals surface area contributed by atoms with Crippen LogP contribution in [0.2, 0.25) is 0 Å². The molecule has 1 amide bonds. The lowest BCUT2D eigenvalue weighted by molar-refractivity contribution is -0.128. The Balaban J connectivity index is 2.50. The number of carbonyl (C=O) groups excluding carboxylic acids is 1. The average molecular weight is 167 g/mol. The van der Waals surface area contributed by atoms with E-state index in [-0.39, 0.29) is 12.3 Å². The fraction of sp³-hybridized carbons (Fsp3) is 0.125. The van der Waals surface area contributed by atoms with Crippen molar-refractivity contribution in [1.82, 2.24) is 5.48 Å². The summed E-state index contributed by atoms with van der Waals surface area (Å²) in [5.41, 5.74) is 2.48. The summed E-state index contributed by atoms with van der Waals surface area (Å²) in [6.07, 6.45) is 0.0437. The molecule has 0 unspecified atom stereocenters. The zero-order valence-corrected chi connectivity index (χ0v) is 6.13. The fourth-order valence-corrected chi connectivity index (χ4v) is 1.11. The number of nitrogens with one attached hydrogen (secondary N) is 1. The molecule has 1 aliphatic rings. The van der Waals surface area contributed by atoms with Gasteiger partial charge >= 0.3 is 0 Å². The van der Waals surface area contributed by atoms with Crippen molar-refractivity contribution in [2.75, 3.05) is 0 Å². The van der Waals surface area contributed by atoms with Crippen LogP contribution >= 0.6 is 0 Å². The molecule has 1 aromatic rings. The van der Waals surface area contributed by atoms with Gasteiger partial charge < -0.3 is 4.84 Å². The van der Waals surface area contributed by atoms with Crippen LogP contribution in [0, 0.1) is 5.82 Å². The number of fused-ring (bicyclic) bond motifs is 1. The lowest BCUT2D eigenvalue weighted by Crippen LogP contribution is -2.33. The number of amides is 1. The standard InChI is InChI=1S/C8H6FNO2/c9-6-2-1-3-7-5(6)4-8(11)10-12-7/h1-3H,4H2,(H,10,11). The van der Waals surface area contributed by atoms with Gasteiger partial charge in [0.2, 0.25) is 0 Å². The van der Waals surface area contributed by atoms with E-state index in [1.807, 2.05) is 0 Å². The Hall–Kier alpha value is -1.58. The van der Waals surface area contributed by atoms with Gasteiger partial charge in [0.25, 0.3) is 5.91 Å². The Morgan fingerprint density at radius 3 is 3.17 bits per heavy atom. The van der Waals surface area contributed by atoms with Crippen molar-refractivity contribution in [1.29, 1.82) is 0 Å². The Morgan fingerprint density at radius 2 is 2.33 bits per heavy atom. The zero-order chi connectivity index (χ0) is 8.55. The van der Waals surface area contributed by atoms with E-state index in [4.69, 9.17) is 4.84 Å². The van der Waals surface area contributed by atoms with E-state index in [9.17, 15) is 9.18 Å². The van der Waals surface area contributed by atoms with Crippen molar-refractivity contribution in [3.05, 3.63) is 29.6 Å². The second-order valence-electron chi connectivity index (χ2n) is 2.52. The molecule has 0 bridgehead atoms. The zero-order valence-electron chi connectivity index (χ0n) is 6.13. The Morgan fingerprint density at radius 1 is 1.50 bits per heavy atom. The van der Waals surface area contributed by atoms with E-state index in [1.54, 1.807) is 6.07 Å². The summed E-state index contributed by atoms with van der Waals surface area (Å²) in [7, 11) is 0. The minimum absolute atomic E-state index is 0.0437. The summed E-state index contributed by atoms with van der Waals surface area (Å²) in [5.74, 6) is -0.343. The lowest BCUT2D eigenvalue weighted by Gasteiger charge is -2.16. The van der Waals surface area contributed by atoms with Crippen LogP contribution in [0.15, 0.2) is 18.2 Å². The van der Waals surface area contributed by atoms with E-state index < -0.39 is 5.82 Å². The summed E-state index contributed by atoms with van der Waals surface area (Å²) < 4.78 is 13.0. The van der Waals surface area contributed by atoms with Crippen molar-refractivity contribution in [3.8, 4) is 5.75 Å². The van der Waals surface area contributed by atoms with Crippen LogP contribution in [-0.2, 0) is 11.2 Å². The fourth-order valence-electron chi connectivity index (χ4n) is 1.11. The third-order valence-electron chi connectivity index (χ3n) is 1.69.